The Morgan fingerprint density at radius 3 is 2.37 bits per heavy atom. The maximum Gasteiger partial charge on any atom is 0.251 e. The molecule has 6 heteroatoms. The van der Waals surface area contributed by atoms with Crippen molar-refractivity contribution in [2.24, 2.45) is 0 Å². The Bertz CT molecular complexity index is 918. The van der Waals surface area contributed by atoms with Crippen molar-refractivity contribution in [3.63, 3.8) is 0 Å². The number of hydrogen-bond acceptors (Lipinski definition) is 5. The molecular weight excluding hydrogens is 378 g/mol. The van der Waals surface area contributed by atoms with Crippen molar-refractivity contribution in [2.75, 3.05) is 44.7 Å². The third-order valence-corrected chi connectivity index (χ3v) is 5.56. The molecule has 1 amide bonds. The molecule has 0 radical (unpaired) electrons. The van der Waals surface area contributed by atoms with E-state index in [2.05, 4.69) is 39.4 Å². The minimum Gasteiger partial charge on any atom is -0.497 e. The van der Waals surface area contributed by atoms with Gasteiger partial charge in [-0.3, -0.25) is 9.69 Å². The average Bonchev–Trinajstić information content (AvgIpc) is 3.35. The molecule has 6 nitrogen and oxygen atoms in total. The summed E-state index contributed by atoms with van der Waals surface area (Å²) in [6.07, 6.45) is 1.69. The number of anilines is 1. The first-order chi connectivity index (χ1) is 14.7. The molecule has 3 aromatic rings. The SMILES string of the molecule is COc1ccc(C(=O)NC[C@@H](c2ccco2)N2CCN(c3ccccc3)CC2)cc1. The van der Waals surface area contributed by atoms with Gasteiger partial charge in [0.2, 0.25) is 0 Å². The van der Waals surface area contributed by atoms with Gasteiger partial charge in [-0.2, -0.15) is 0 Å². The number of rotatable bonds is 7. The molecule has 156 valence electrons. The van der Waals surface area contributed by atoms with Crippen molar-refractivity contribution in [3.05, 3.63) is 84.3 Å². The van der Waals surface area contributed by atoms with E-state index in [1.54, 1.807) is 37.6 Å². The molecule has 2 aromatic carbocycles. The Hall–Kier alpha value is -3.25. The van der Waals surface area contributed by atoms with Crippen LogP contribution < -0.4 is 15.0 Å². The second kappa shape index (κ2) is 9.50. The fourth-order valence-electron chi connectivity index (χ4n) is 3.85. The molecule has 0 saturated carbocycles. The number of benzene rings is 2. The topological polar surface area (TPSA) is 58.0 Å². The third kappa shape index (κ3) is 4.66. The molecule has 0 aliphatic carbocycles. The van der Waals surface area contributed by atoms with Crippen LogP contribution in [0.2, 0.25) is 0 Å². The summed E-state index contributed by atoms with van der Waals surface area (Å²) >= 11 is 0. The maximum absolute atomic E-state index is 12.6. The van der Waals surface area contributed by atoms with Crippen LogP contribution in [-0.4, -0.2) is 50.6 Å². The van der Waals surface area contributed by atoms with E-state index in [0.29, 0.717) is 12.1 Å². The van der Waals surface area contributed by atoms with Gasteiger partial charge >= 0.3 is 0 Å². The molecule has 1 atom stereocenters. The monoisotopic (exact) mass is 405 g/mol. The van der Waals surface area contributed by atoms with Gasteiger partial charge in [0.25, 0.3) is 5.91 Å². The first-order valence-electron chi connectivity index (χ1n) is 10.2. The predicted octanol–water partition coefficient (Wildman–Crippen LogP) is 3.58. The van der Waals surface area contributed by atoms with Crippen LogP contribution in [0.15, 0.2) is 77.4 Å². The Labute approximate surface area is 177 Å². The van der Waals surface area contributed by atoms with Crippen LogP contribution in [0.4, 0.5) is 5.69 Å². The van der Waals surface area contributed by atoms with Crippen LogP contribution in [0.1, 0.15) is 22.2 Å². The van der Waals surface area contributed by atoms with Crippen molar-refractivity contribution < 1.29 is 13.9 Å². The smallest absolute Gasteiger partial charge is 0.251 e. The summed E-state index contributed by atoms with van der Waals surface area (Å²) in [6.45, 7) is 4.17. The molecule has 1 N–H and O–H groups in total. The van der Waals surface area contributed by atoms with Gasteiger partial charge < -0.3 is 19.4 Å². The van der Waals surface area contributed by atoms with Gasteiger partial charge in [-0.25, -0.2) is 0 Å². The lowest BCUT2D eigenvalue weighted by Gasteiger charge is -2.39. The fraction of sp³-hybridized carbons (Fsp3) is 0.292. The molecule has 1 aromatic heterocycles. The summed E-state index contributed by atoms with van der Waals surface area (Å²) in [7, 11) is 1.61. The lowest BCUT2D eigenvalue weighted by atomic mass is 10.1. The number of piperazine rings is 1. The van der Waals surface area contributed by atoms with Gasteiger partial charge in [-0.15, -0.1) is 0 Å². The third-order valence-electron chi connectivity index (χ3n) is 5.56. The van der Waals surface area contributed by atoms with Crippen LogP contribution in [0, 0.1) is 0 Å². The van der Waals surface area contributed by atoms with Crippen molar-refractivity contribution in [2.45, 2.75) is 6.04 Å². The molecule has 1 saturated heterocycles. The minimum atomic E-state index is -0.0999. The largest absolute Gasteiger partial charge is 0.497 e. The van der Waals surface area contributed by atoms with E-state index in [4.69, 9.17) is 9.15 Å². The van der Waals surface area contributed by atoms with E-state index in [0.717, 1.165) is 37.7 Å². The number of amides is 1. The molecule has 4 rings (SSSR count). The minimum absolute atomic E-state index is 0.000113. The van der Waals surface area contributed by atoms with Gasteiger partial charge in [-0.1, -0.05) is 18.2 Å². The highest BCUT2D eigenvalue weighted by Crippen LogP contribution is 2.24. The molecule has 1 fully saturated rings. The maximum atomic E-state index is 12.6. The number of carbonyl (C=O) groups is 1. The first kappa shape index (κ1) is 20.0. The second-order valence-corrected chi connectivity index (χ2v) is 7.33. The van der Waals surface area contributed by atoms with Crippen molar-refractivity contribution in [1.29, 1.82) is 0 Å². The number of nitrogens with zero attached hydrogens (tertiary/aromatic N) is 2. The number of ether oxygens (including phenoxy) is 1. The first-order valence-corrected chi connectivity index (χ1v) is 10.2. The number of methoxy groups -OCH3 is 1. The standard InChI is InChI=1S/C24H27N3O3/c1-29-21-11-9-19(10-12-21)24(28)25-18-22(23-8-5-17-30-23)27-15-13-26(14-16-27)20-6-3-2-4-7-20/h2-12,17,22H,13-16,18H2,1H3,(H,25,28)/t22-/m0/s1. The van der Waals surface area contributed by atoms with E-state index >= 15 is 0 Å². The fourth-order valence-corrected chi connectivity index (χ4v) is 3.85. The van der Waals surface area contributed by atoms with Crippen LogP contribution in [0.5, 0.6) is 5.75 Å². The highest BCUT2D eigenvalue weighted by Gasteiger charge is 2.27. The normalized spacial score (nSPS) is 15.6. The molecule has 1 aliphatic heterocycles. The lowest BCUT2D eigenvalue weighted by Crippen LogP contribution is -2.49. The zero-order chi connectivity index (χ0) is 20.8. The highest BCUT2D eigenvalue weighted by molar-refractivity contribution is 5.94. The quantitative estimate of drug-likeness (QED) is 0.651. The summed E-state index contributed by atoms with van der Waals surface area (Å²) in [4.78, 5) is 17.4. The van der Waals surface area contributed by atoms with Gasteiger partial charge in [0, 0.05) is 44.0 Å². The number of carbonyl (C=O) groups excluding carboxylic acids is 1. The van der Waals surface area contributed by atoms with Crippen molar-refractivity contribution in [1.82, 2.24) is 10.2 Å². The Kier molecular flexibility index (Phi) is 6.35. The molecular formula is C24H27N3O3. The van der Waals surface area contributed by atoms with E-state index in [1.807, 2.05) is 18.2 Å². The zero-order valence-corrected chi connectivity index (χ0v) is 17.2. The summed E-state index contributed by atoms with van der Waals surface area (Å²) in [5.41, 5.74) is 1.86. The molecule has 1 aliphatic rings. The van der Waals surface area contributed by atoms with Crippen molar-refractivity contribution in [3.8, 4) is 5.75 Å². The second-order valence-electron chi connectivity index (χ2n) is 7.33. The zero-order valence-electron chi connectivity index (χ0n) is 17.2. The van der Waals surface area contributed by atoms with Gasteiger partial charge in [0.05, 0.1) is 19.4 Å². The number of nitrogens with one attached hydrogen (secondary N) is 1. The molecule has 2 heterocycles. The summed E-state index contributed by atoms with van der Waals surface area (Å²) in [5, 5.41) is 3.07. The van der Waals surface area contributed by atoms with Crippen molar-refractivity contribution >= 4 is 11.6 Å². The van der Waals surface area contributed by atoms with E-state index in [1.165, 1.54) is 5.69 Å². The average molecular weight is 405 g/mol. The summed E-state index contributed by atoms with van der Waals surface area (Å²) in [6, 6.07) is 21.5. The van der Waals surface area contributed by atoms with Crippen LogP contribution in [0.3, 0.4) is 0 Å². The van der Waals surface area contributed by atoms with E-state index in [-0.39, 0.29) is 11.9 Å². The van der Waals surface area contributed by atoms with Crippen LogP contribution >= 0.6 is 0 Å². The number of hydrogen-bond donors (Lipinski definition) is 1. The Morgan fingerprint density at radius 2 is 1.73 bits per heavy atom. The van der Waals surface area contributed by atoms with Gasteiger partial charge in [0.1, 0.15) is 11.5 Å². The molecule has 0 spiro atoms. The van der Waals surface area contributed by atoms with Gasteiger partial charge in [0.15, 0.2) is 0 Å². The van der Waals surface area contributed by atoms with E-state index < -0.39 is 0 Å². The molecule has 0 unspecified atom stereocenters. The van der Waals surface area contributed by atoms with Gasteiger partial charge in [-0.05, 0) is 48.5 Å². The molecule has 0 bridgehead atoms. The summed E-state index contributed by atoms with van der Waals surface area (Å²) < 4.78 is 10.9. The lowest BCUT2D eigenvalue weighted by molar-refractivity contribution is 0.0923. The molecule has 30 heavy (non-hydrogen) atoms. The Balaban J connectivity index is 1.39. The van der Waals surface area contributed by atoms with Crippen LogP contribution in [-0.2, 0) is 0 Å². The Morgan fingerprint density at radius 1 is 1.00 bits per heavy atom. The predicted molar refractivity (Wildman–Crippen MR) is 117 cm³/mol. The van der Waals surface area contributed by atoms with Crippen LogP contribution in [0.25, 0.3) is 0 Å². The number of furan rings is 1. The highest BCUT2D eigenvalue weighted by atomic mass is 16.5. The van der Waals surface area contributed by atoms with E-state index in [9.17, 15) is 4.79 Å². The number of para-hydroxylation sites is 1. The summed E-state index contributed by atoms with van der Waals surface area (Å²) in [5.74, 6) is 1.51.